The Kier molecular flexibility index (Phi) is 6.34. The number of halogens is 1. The number of carbonyl (C=O) groups is 1. The number of anilines is 2. The monoisotopic (exact) mass is 445 g/mol. The van der Waals surface area contributed by atoms with Gasteiger partial charge in [0.15, 0.2) is 0 Å². The third-order valence-electron chi connectivity index (χ3n) is 4.12. The van der Waals surface area contributed by atoms with E-state index in [0.29, 0.717) is 10.7 Å². The summed E-state index contributed by atoms with van der Waals surface area (Å²) in [7, 11) is -4.22. The number of benzene rings is 3. The zero-order valence-electron chi connectivity index (χ0n) is 15.4. The molecule has 0 aliphatic rings. The highest BCUT2D eigenvalue weighted by Gasteiger charge is 2.29. The maximum Gasteiger partial charge on any atom is 0.288 e. The van der Waals surface area contributed by atoms with Gasteiger partial charge in [-0.05, 0) is 30.3 Å². The molecule has 8 nitrogen and oxygen atoms in total. The number of nitro groups is 1. The Morgan fingerprint density at radius 3 is 2.13 bits per heavy atom. The Bertz CT molecular complexity index is 1210. The lowest BCUT2D eigenvalue weighted by Gasteiger charge is -2.13. The smallest absolute Gasteiger partial charge is 0.288 e. The second-order valence-electron chi connectivity index (χ2n) is 6.11. The van der Waals surface area contributed by atoms with Crippen LogP contribution in [0.15, 0.2) is 82.6 Å². The van der Waals surface area contributed by atoms with Crippen molar-refractivity contribution in [3.05, 3.63) is 87.9 Å². The number of sulfone groups is 1. The van der Waals surface area contributed by atoms with E-state index in [9.17, 15) is 23.3 Å². The van der Waals surface area contributed by atoms with Crippen molar-refractivity contribution >= 4 is 44.4 Å². The van der Waals surface area contributed by atoms with Crippen LogP contribution in [0.4, 0.5) is 17.1 Å². The van der Waals surface area contributed by atoms with E-state index in [0.717, 1.165) is 6.07 Å². The number of nitrogens with one attached hydrogen (secondary N) is 2. The Labute approximate surface area is 177 Å². The lowest BCUT2D eigenvalue weighted by Crippen LogP contribution is -2.22. The number of amides is 1. The van der Waals surface area contributed by atoms with Gasteiger partial charge in [0, 0.05) is 6.07 Å². The topological polar surface area (TPSA) is 118 Å². The minimum Gasteiger partial charge on any atom is -0.375 e. The van der Waals surface area contributed by atoms with Gasteiger partial charge in [-0.25, -0.2) is 8.42 Å². The molecule has 0 bridgehead atoms. The van der Waals surface area contributed by atoms with Gasteiger partial charge in [-0.1, -0.05) is 48.0 Å². The maximum atomic E-state index is 13.1. The second kappa shape index (κ2) is 8.93. The molecule has 0 aromatic heterocycles. The van der Waals surface area contributed by atoms with Crippen LogP contribution in [0.25, 0.3) is 0 Å². The highest BCUT2D eigenvalue weighted by molar-refractivity contribution is 7.91. The number of hydrogen-bond donors (Lipinski definition) is 2. The zero-order valence-corrected chi connectivity index (χ0v) is 17.0. The molecule has 0 spiro atoms. The van der Waals surface area contributed by atoms with Crippen LogP contribution in [0.5, 0.6) is 0 Å². The SMILES string of the molecule is O=C(CNc1ccccc1S(=O)(=O)c1ccccc1[N+](=O)[O-])Nc1ccccc1Cl. The number of nitro benzene ring substituents is 1. The van der Waals surface area contributed by atoms with Crippen LogP contribution >= 0.6 is 11.6 Å². The summed E-state index contributed by atoms with van der Waals surface area (Å²) < 4.78 is 26.2. The first-order valence-corrected chi connectivity index (χ1v) is 10.5. The van der Waals surface area contributed by atoms with E-state index in [1.807, 2.05) is 0 Å². The Morgan fingerprint density at radius 1 is 0.900 bits per heavy atom. The number of nitrogens with zero attached hydrogens (tertiary/aromatic N) is 1. The number of para-hydroxylation sites is 3. The van der Waals surface area contributed by atoms with Crippen molar-refractivity contribution in [2.24, 2.45) is 0 Å². The van der Waals surface area contributed by atoms with E-state index in [1.165, 1.54) is 36.4 Å². The average molecular weight is 446 g/mol. The van der Waals surface area contributed by atoms with Crippen LogP contribution in [0, 0.1) is 10.1 Å². The normalized spacial score (nSPS) is 11.0. The third kappa shape index (κ3) is 4.58. The van der Waals surface area contributed by atoms with Crippen molar-refractivity contribution in [2.75, 3.05) is 17.2 Å². The van der Waals surface area contributed by atoms with E-state index < -0.39 is 31.3 Å². The van der Waals surface area contributed by atoms with Crippen LogP contribution < -0.4 is 10.6 Å². The summed E-state index contributed by atoms with van der Waals surface area (Å²) in [5, 5.41) is 17.0. The molecule has 0 aliphatic heterocycles. The third-order valence-corrected chi connectivity index (χ3v) is 6.30. The predicted molar refractivity (Wildman–Crippen MR) is 114 cm³/mol. The second-order valence-corrected chi connectivity index (χ2v) is 8.40. The highest BCUT2D eigenvalue weighted by atomic mass is 35.5. The fourth-order valence-electron chi connectivity index (χ4n) is 2.73. The highest BCUT2D eigenvalue weighted by Crippen LogP contribution is 2.32. The van der Waals surface area contributed by atoms with Gasteiger partial charge in [0.05, 0.1) is 32.8 Å². The molecule has 10 heteroatoms. The summed E-state index contributed by atoms with van der Waals surface area (Å²) in [6.45, 7) is -0.241. The van der Waals surface area contributed by atoms with Crippen LogP contribution in [0.1, 0.15) is 0 Å². The maximum absolute atomic E-state index is 13.1. The van der Waals surface area contributed by atoms with E-state index in [-0.39, 0.29) is 17.1 Å². The minimum atomic E-state index is -4.22. The summed E-state index contributed by atoms with van der Waals surface area (Å²) in [6.07, 6.45) is 0. The van der Waals surface area contributed by atoms with Crippen LogP contribution in [-0.2, 0) is 14.6 Å². The van der Waals surface area contributed by atoms with Gasteiger partial charge in [0.1, 0.15) is 4.90 Å². The summed E-state index contributed by atoms with van der Waals surface area (Å²) in [5.74, 6) is -0.444. The zero-order chi connectivity index (χ0) is 21.7. The molecule has 3 rings (SSSR count). The molecule has 30 heavy (non-hydrogen) atoms. The Morgan fingerprint density at radius 2 is 1.47 bits per heavy atom. The minimum absolute atomic E-state index is 0.143. The largest absolute Gasteiger partial charge is 0.375 e. The number of carbonyl (C=O) groups excluding carboxylic acids is 1. The molecule has 0 radical (unpaired) electrons. The standard InChI is InChI=1S/C20H16ClN3O5S/c21-14-7-1-2-8-15(14)23-20(25)13-22-16-9-3-5-11-18(16)30(28,29)19-12-6-4-10-17(19)24(26)27/h1-12,22H,13H2,(H,23,25). The molecular weight excluding hydrogens is 430 g/mol. The van der Waals surface area contributed by atoms with E-state index in [1.54, 1.807) is 30.3 Å². The first kappa shape index (κ1) is 21.3. The van der Waals surface area contributed by atoms with Crippen molar-refractivity contribution in [3.63, 3.8) is 0 Å². The average Bonchev–Trinajstić information content (AvgIpc) is 2.74. The first-order chi connectivity index (χ1) is 14.3. The summed E-state index contributed by atoms with van der Waals surface area (Å²) in [5.41, 5.74) is 0.0421. The lowest BCUT2D eigenvalue weighted by atomic mass is 10.3. The molecule has 0 saturated heterocycles. The lowest BCUT2D eigenvalue weighted by molar-refractivity contribution is -0.387. The first-order valence-electron chi connectivity index (χ1n) is 8.66. The van der Waals surface area contributed by atoms with Crippen molar-refractivity contribution in [1.29, 1.82) is 0 Å². The fraction of sp³-hybridized carbons (Fsp3) is 0.0500. The van der Waals surface area contributed by atoms with Gasteiger partial charge in [0.25, 0.3) is 5.69 Å². The van der Waals surface area contributed by atoms with Crippen LogP contribution in [0.3, 0.4) is 0 Å². The van der Waals surface area contributed by atoms with E-state index >= 15 is 0 Å². The van der Waals surface area contributed by atoms with Gasteiger partial charge >= 0.3 is 0 Å². The van der Waals surface area contributed by atoms with Crippen LogP contribution in [0.2, 0.25) is 5.02 Å². The quantitative estimate of drug-likeness (QED) is 0.417. The Hall–Kier alpha value is -3.43. The number of hydrogen-bond acceptors (Lipinski definition) is 6. The molecule has 154 valence electrons. The molecule has 0 aliphatic carbocycles. The van der Waals surface area contributed by atoms with Crippen LogP contribution in [-0.4, -0.2) is 25.8 Å². The van der Waals surface area contributed by atoms with Gasteiger partial charge in [-0.15, -0.1) is 0 Å². The van der Waals surface area contributed by atoms with E-state index in [2.05, 4.69) is 10.6 Å². The molecule has 3 aromatic carbocycles. The van der Waals surface area contributed by atoms with Gasteiger partial charge < -0.3 is 10.6 Å². The molecule has 2 N–H and O–H groups in total. The van der Waals surface area contributed by atoms with Crippen molar-refractivity contribution < 1.29 is 18.1 Å². The summed E-state index contributed by atoms with van der Waals surface area (Å²) in [4.78, 5) is 22.2. The fourth-order valence-corrected chi connectivity index (χ4v) is 4.52. The van der Waals surface area contributed by atoms with E-state index in [4.69, 9.17) is 11.6 Å². The summed E-state index contributed by atoms with van der Waals surface area (Å²) >= 11 is 6.01. The van der Waals surface area contributed by atoms with Gasteiger partial charge in [-0.3, -0.25) is 14.9 Å². The molecule has 0 atom stereocenters. The molecule has 3 aromatic rings. The molecule has 1 amide bonds. The molecule has 0 fully saturated rings. The Balaban J connectivity index is 1.85. The molecule has 0 heterocycles. The summed E-state index contributed by atoms with van der Waals surface area (Å²) in [6, 6.07) is 17.7. The molecule has 0 unspecified atom stereocenters. The van der Waals surface area contributed by atoms with Gasteiger partial charge in [0.2, 0.25) is 15.7 Å². The van der Waals surface area contributed by atoms with Gasteiger partial charge in [-0.2, -0.15) is 0 Å². The van der Waals surface area contributed by atoms with Crippen molar-refractivity contribution in [3.8, 4) is 0 Å². The van der Waals surface area contributed by atoms with Crippen molar-refractivity contribution in [2.45, 2.75) is 9.79 Å². The van der Waals surface area contributed by atoms with Crippen molar-refractivity contribution in [1.82, 2.24) is 0 Å². The predicted octanol–water partition coefficient (Wildman–Crippen LogP) is 4.13. The molecular formula is C20H16ClN3O5S. The molecule has 0 saturated carbocycles. The number of rotatable bonds is 7.